The fourth-order valence-electron chi connectivity index (χ4n) is 4.07. The van der Waals surface area contributed by atoms with E-state index in [0.717, 1.165) is 0 Å². The molecule has 0 amide bonds. The van der Waals surface area contributed by atoms with Crippen molar-refractivity contribution in [2.45, 2.75) is 25.7 Å². The lowest BCUT2D eigenvalue weighted by atomic mass is 9.86. The predicted octanol–water partition coefficient (Wildman–Crippen LogP) is 6.60. The van der Waals surface area contributed by atoms with E-state index in [1.165, 1.54) is 57.7 Å². The highest BCUT2D eigenvalue weighted by Gasteiger charge is 2.14. The first-order chi connectivity index (χ1) is 11.4. The van der Waals surface area contributed by atoms with Gasteiger partial charge in [0.15, 0.2) is 0 Å². The van der Waals surface area contributed by atoms with Crippen LogP contribution in [0, 0.1) is 0 Å². The van der Waals surface area contributed by atoms with Crippen LogP contribution in [0.1, 0.15) is 24.0 Å². The average molecular weight is 314 g/mol. The Morgan fingerprint density at radius 3 is 2.39 bits per heavy atom. The summed E-state index contributed by atoms with van der Waals surface area (Å²) in [5.74, 6) is 0. The van der Waals surface area contributed by atoms with Gasteiger partial charge in [-0.05, 0) is 75.4 Å². The summed E-state index contributed by atoms with van der Waals surface area (Å²) >= 11 is 1.82. The van der Waals surface area contributed by atoms with Gasteiger partial charge < -0.3 is 0 Å². The smallest absolute Gasteiger partial charge is 0.0348 e. The fraction of sp³-hybridized carbons (Fsp3) is 0.182. The number of fused-ring (bicyclic) bond motifs is 5. The third kappa shape index (κ3) is 2.04. The average Bonchev–Trinajstić information content (AvgIpc) is 3.15. The maximum absolute atomic E-state index is 2.37. The third-order valence-corrected chi connectivity index (χ3v) is 6.08. The fourth-order valence-corrected chi connectivity index (χ4v) is 4.84. The molecule has 1 heteroatoms. The van der Waals surface area contributed by atoms with Crippen molar-refractivity contribution in [2.75, 3.05) is 0 Å². The SMILES string of the molecule is c1csc(-c2cccc3c2ccc2c4c(ccc23)CCCC4)c1. The zero-order chi connectivity index (χ0) is 15.2. The quantitative estimate of drug-likeness (QED) is 0.347. The summed E-state index contributed by atoms with van der Waals surface area (Å²) in [4.78, 5) is 1.35. The molecule has 1 heterocycles. The van der Waals surface area contributed by atoms with Crippen LogP contribution in [0.5, 0.6) is 0 Å². The van der Waals surface area contributed by atoms with Gasteiger partial charge in [0.25, 0.3) is 0 Å². The lowest BCUT2D eigenvalue weighted by Gasteiger charge is -2.19. The molecule has 0 aliphatic heterocycles. The van der Waals surface area contributed by atoms with Crippen LogP contribution < -0.4 is 0 Å². The lowest BCUT2D eigenvalue weighted by molar-refractivity contribution is 0.690. The molecule has 0 fully saturated rings. The minimum atomic E-state index is 1.24. The summed E-state index contributed by atoms with van der Waals surface area (Å²) in [6, 6.07) is 20.5. The molecular formula is C22H18S. The number of aryl methyl sites for hydroxylation is 2. The first kappa shape index (κ1) is 13.3. The van der Waals surface area contributed by atoms with Gasteiger partial charge in [0, 0.05) is 4.88 Å². The standard InChI is InChI=1S/C22H18S/c1-2-6-16-15(5-1)10-11-19-17-7-3-8-21(22-9-4-14-23-22)20(17)13-12-18(16)19/h3-4,7-14H,1-2,5-6H2. The topological polar surface area (TPSA) is 0 Å². The number of thiophene rings is 1. The van der Waals surface area contributed by atoms with Crippen molar-refractivity contribution in [3.8, 4) is 10.4 Å². The summed E-state index contributed by atoms with van der Waals surface area (Å²) in [5.41, 5.74) is 4.52. The minimum absolute atomic E-state index is 1.24. The molecular weight excluding hydrogens is 296 g/mol. The number of hydrogen-bond donors (Lipinski definition) is 0. The van der Waals surface area contributed by atoms with Gasteiger partial charge in [-0.1, -0.05) is 48.5 Å². The van der Waals surface area contributed by atoms with Gasteiger partial charge in [-0.3, -0.25) is 0 Å². The first-order valence-electron chi connectivity index (χ1n) is 8.42. The van der Waals surface area contributed by atoms with Crippen LogP contribution in [0.3, 0.4) is 0 Å². The zero-order valence-corrected chi connectivity index (χ0v) is 13.8. The van der Waals surface area contributed by atoms with E-state index >= 15 is 0 Å². The van der Waals surface area contributed by atoms with E-state index in [9.17, 15) is 0 Å². The molecule has 1 aliphatic carbocycles. The Morgan fingerprint density at radius 1 is 0.652 bits per heavy atom. The lowest BCUT2D eigenvalue weighted by Crippen LogP contribution is -2.03. The van der Waals surface area contributed by atoms with E-state index in [0.29, 0.717) is 0 Å². The maximum Gasteiger partial charge on any atom is 0.0348 e. The van der Waals surface area contributed by atoms with E-state index in [1.807, 2.05) is 11.3 Å². The van der Waals surface area contributed by atoms with Crippen LogP contribution in [0.2, 0.25) is 0 Å². The summed E-state index contributed by atoms with van der Waals surface area (Å²) in [5, 5.41) is 7.81. The molecule has 0 bridgehead atoms. The molecule has 3 aromatic carbocycles. The van der Waals surface area contributed by atoms with E-state index in [1.54, 1.807) is 11.1 Å². The van der Waals surface area contributed by atoms with E-state index < -0.39 is 0 Å². The van der Waals surface area contributed by atoms with Crippen LogP contribution in [0.15, 0.2) is 60.0 Å². The largest absolute Gasteiger partial charge is 0.144 e. The van der Waals surface area contributed by atoms with Crippen LogP contribution in [0.4, 0.5) is 0 Å². The molecule has 0 saturated carbocycles. The monoisotopic (exact) mass is 314 g/mol. The van der Waals surface area contributed by atoms with Crippen molar-refractivity contribution in [2.24, 2.45) is 0 Å². The van der Waals surface area contributed by atoms with E-state index in [4.69, 9.17) is 0 Å². The van der Waals surface area contributed by atoms with Crippen molar-refractivity contribution in [1.82, 2.24) is 0 Å². The second-order valence-corrected chi connectivity index (χ2v) is 7.40. The van der Waals surface area contributed by atoms with Crippen molar-refractivity contribution < 1.29 is 0 Å². The van der Waals surface area contributed by atoms with Gasteiger partial charge in [-0.2, -0.15) is 0 Å². The van der Waals surface area contributed by atoms with Crippen LogP contribution in [0.25, 0.3) is 32.0 Å². The summed E-state index contributed by atoms with van der Waals surface area (Å²) in [7, 11) is 0. The number of hydrogen-bond acceptors (Lipinski definition) is 1. The van der Waals surface area contributed by atoms with Crippen molar-refractivity contribution in [1.29, 1.82) is 0 Å². The molecule has 23 heavy (non-hydrogen) atoms. The van der Waals surface area contributed by atoms with Crippen LogP contribution in [-0.4, -0.2) is 0 Å². The second-order valence-electron chi connectivity index (χ2n) is 6.45. The first-order valence-corrected chi connectivity index (χ1v) is 9.30. The highest BCUT2D eigenvalue weighted by atomic mass is 32.1. The molecule has 1 aromatic heterocycles. The van der Waals surface area contributed by atoms with Gasteiger partial charge in [-0.15, -0.1) is 11.3 Å². The predicted molar refractivity (Wildman–Crippen MR) is 101 cm³/mol. The molecule has 1 aliphatic rings. The Hall–Kier alpha value is -2.12. The maximum atomic E-state index is 2.37. The molecule has 5 rings (SSSR count). The van der Waals surface area contributed by atoms with E-state index in [-0.39, 0.29) is 0 Å². The van der Waals surface area contributed by atoms with Gasteiger partial charge in [0.2, 0.25) is 0 Å². The molecule has 112 valence electrons. The Labute approximate surface area is 140 Å². The van der Waals surface area contributed by atoms with Gasteiger partial charge in [0.05, 0.1) is 0 Å². The molecule has 0 saturated heterocycles. The van der Waals surface area contributed by atoms with E-state index in [2.05, 4.69) is 60.0 Å². The summed E-state index contributed by atoms with van der Waals surface area (Å²) < 4.78 is 0. The molecule has 0 atom stereocenters. The van der Waals surface area contributed by atoms with Crippen LogP contribution in [-0.2, 0) is 12.8 Å². The zero-order valence-electron chi connectivity index (χ0n) is 13.0. The van der Waals surface area contributed by atoms with Gasteiger partial charge >= 0.3 is 0 Å². The van der Waals surface area contributed by atoms with Gasteiger partial charge in [-0.25, -0.2) is 0 Å². The Balaban J connectivity index is 1.86. The highest BCUT2D eigenvalue weighted by molar-refractivity contribution is 7.13. The number of benzene rings is 3. The Bertz CT molecular complexity index is 1010. The normalized spacial score (nSPS) is 14.3. The summed E-state index contributed by atoms with van der Waals surface area (Å²) in [6.07, 6.45) is 5.16. The Morgan fingerprint density at radius 2 is 1.48 bits per heavy atom. The summed E-state index contributed by atoms with van der Waals surface area (Å²) in [6.45, 7) is 0. The highest BCUT2D eigenvalue weighted by Crippen LogP contribution is 2.37. The molecule has 0 spiro atoms. The third-order valence-electron chi connectivity index (χ3n) is 5.18. The van der Waals surface area contributed by atoms with Crippen molar-refractivity contribution in [3.63, 3.8) is 0 Å². The molecule has 0 radical (unpaired) electrons. The molecule has 0 nitrogen and oxygen atoms in total. The van der Waals surface area contributed by atoms with Gasteiger partial charge in [0.1, 0.15) is 0 Å². The van der Waals surface area contributed by atoms with Crippen LogP contribution >= 0.6 is 11.3 Å². The second kappa shape index (κ2) is 5.21. The Kier molecular flexibility index (Phi) is 3.02. The molecule has 0 unspecified atom stereocenters. The number of rotatable bonds is 1. The van der Waals surface area contributed by atoms with Crippen molar-refractivity contribution in [3.05, 3.63) is 71.1 Å². The molecule has 4 aromatic rings. The minimum Gasteiger partial charge on any atom is -0.144 e. The van der Waals surface area contributed by atoms with Crippen molar-refractivity contribution >= 4 is 32.9 Å². The molecule has 0 N–H and O–H groups in total.